The van der Waals surface area contributed by atoms with Crippen molar-refractivity contribution in [2.45, 2.75) is 0 Å². The Kier molecular flexibility index (Phi) is 6.54. The minimum Gasteiger partial charge on any atom is -0.309 e. The average molecular weight is 717 g/mol. The van der Waals surface area contributed by atoms with E-state index in [4.69, 9.17) is 0 Å². The first-order chi connectivity index (χ1) is 27.3. The Bertz CT molecular complexity index is 3490. The molecule has 3 heterocycles. The van der Waals surface area contributed by atoms with Gasteiger partial charge in [0.2, 0.25) is 0 Å². The van der Waals surface area contributed by atoms with Gasteiger partial charge >= 0.3 is 0 Å². The van der Waals surface area contributed by atoms with E-state index in [9.17, 15) is 0 Å². The van der Waals surface area contributed by atoms with Crippen molar-refractivity contribution in [3.63, 3.8) is 0 Å². The Morgan fingerprint density at radius 1 is 0.291 bits per heavy atom. The van der Waals surface area contributed by atoms with Gasteiger partial charge in [0.15, 0.2) is 0 Å². The predicted molar refractivity (Wildman–Crippen MR) is 236 cm³/mol. The molecule has 0 atom stereocenters. The number of para-hydroxylation sites is 3. The second-order valence-electron chi connectivity index (χ2n) is 14.5. The highest BCUT2D eigenvalue weighted by atomic mass is 32.1. The molecule has 0 saturated heterocycles. The second-order valence-corrected chi connectivity index (χ2v) is 15.6. The van der Waals surface area contributed by atoms with Crippen LogP contribution >= 0.6 is 11.3 Å². The van der Waals surface area contributed by atoms with Crippen molar-refractivity contribution in [3.8, 4) is 33.6 Å². The Morgan fingerprint density at radius 3 is 1.60 bits per heavy atom. The lowest BCUT2D eigenvalue weighted by Gasteiger charge is -2.14. The van der Waals surface area contributed by atoms with E-state index in [2.05, 4.69) is 203 Å². The molecule has 0 bridgehead atoms. The van der Waals surface area contributed by atoms with E-state index in [1.807, 2.05) is 11.3 Å². The van der Waals surface area contributed by atoms with E-state index in [0.717, 1.165) is 0 Å². The number of hydrogen-bond donors (Lipinski definition) is 0. The number of aromatic nitrogens is 2. The molecule has 0 radical (unpaired) electrons. The molecule has 2 nitrogen and oxygen atoms in total. The lowest BCUT2D eigenvalue weighted by atomic mass is 9.96. The molecular weight excluding hydrogens is 685 g/mol. The third kappa shape index (κ3) is 4.54. The van der Waals surface area contributed by atoms with E-state index < -0.39 is 0 Å². The molecule has 256 valence electrons. The van der Waals surface area contributed by atoms with Crippen LogP contribution in [0.5, 0.6) is 0 Å². The Hall–Kier alpha value is -6.94. The molecule has 9 aromatic carbocycles. The Labute approximate surface area is 321 Å². The minimum absolute atomic E-state index is 1.17. The molecule has 0 aliphatic rings. The van der Waals surface area contributed by atoms with Crippen molar-refractivity contribution in [1.29, 1.82) is 0 Å². The van der Waals surface area contributed by atoms with Crippen molar-refractivity contribution in [2.24, 2.45) is 0 Å². The first-order valence-electron chi connectivity index (χ1n) is 18.8. The molecule has 0 fully saturated rings. The molecule has 0 unspecified atom stereocenters. The van der Waals surface area contributed by atoms with E-state index in [-0.39, 0.29) is 0 Å². The van der Waals surface area contributed by atoms with Crippen LogP contribution in [-0.2, 0) is 0 Å². The van der Waals surface area contributed by atoms with E-state index >= 15 is 0 Å². The zero-order valence-corrected chi connectivity index (χ0v) is 30.6. The molecule has 12 aromatic rings. The van der Waals surface area contributed by atoms with Crippen LogP contribution in [0.4, 0.5) is 0 Å². The predicted octanol–water partition coefficient (Wildman–Crippen LogP) is 14.7. The van der Waals surface area contributed by atoms with Gasteiger partial charge < -0.3 is 9.13 Å². The molecule has 55 heavy (non-hydrogen) atoms. The third-order valence-corrected chi connectivity index (χ3v) is 12.7. The van der Waals surface area contributed by atoms with Gasteiger partial charge in [-0.1, -0.05) is 127 Å². The van der Waals surface area contributed by atoms with Crippen LogP contribution in [-0.4, -0.2) is 9.13 Å². The lowest BCUT2D eigenvalue weighted by Crippen LogP contribution is -1.96. The fourth-order valence-electron chi connectivity index (χ4n) is 9.05. The fraction of sp³-hybridized carbons (Fsp3) is 0. The highest BCUT2D eigenvalue weighted by Crippen LogP contribution is 2.42. The molecule has 3 heteroatoms. The van der Waals surface area contributed by atoms with Crippen molar-refractivity contribution < 1.29 is 0 Å². The van der Waals surface area contributed by atoms with Gasteiger partial charge in [-0.05, 0) is 94.4 Å². The van der Waals surface area contributed by atoms with Crippen LogP contribution in [0, 0.1) is 0 Å². The topological polar surface area (TPSA) is 9.86 Å². The Morgan fingerprint density at radius 2 is 0.836 bits per heavy atom. The molecule has 0 aliphatic carbocycles. The molecule has 0 aliphatic heterocycles. The highest BCUT2D eigenvalue weighted by Gasteiger charge is 2.18. The zero-order chi connectivity index (χ0) is 36.0. The van der Waals surface area contributed by atoms with Crippen molar-refractivity contribution in [1.82, 2.24) is 9.13 Å². The van der Waals surface area contributed by atoms with Crippen LogP contribution in [0.15, 0.2) is 194 Å². The number of benzene rings is 9. The van der Waals surface area contributed by atoms with Gasteiger partial charge in [0.1, 0.15) is 0 Å². The van der Waals surface area contributed by atoms with Crippen LogP contribution in [0.1, 0.15) is 0 Å². The summed E-state index contributed by atoms with van der Waals surface area (Å²) in [5.41, 5.74) is 12.1. The van der Waals surface area contributed by atoms with Gasteiger partial charge in [-0.15, -0.1) is 11.3 Å². The number of thiophene rings is 1. The summed E-state index contributed by atoms with van der Waals surface area (Å²) in [4.78, 5) is 0. The first kappa shape index (κ1) is 30.5. The monoisotopic (exact) mass is 716 g/mol. The van der Waals surface area contributed by atoms with Gasteiger partial charge in [-0.3, -0.25) is 0 Å². The highest BCUT2D eigenvalue weighted by molar-refractivity contribution is 7.25. The molecule has 0 N–H and O–H groups in total. The minimum atomic E-state index is 1.17. The molecule has 0 saturated carbocycles. The van der Waals surface area contributed by atoms with Crippen molar-refractivity contribution in [3.05, 3.63) is 194 Å². The van der Waals surface area contributed by atoms with Crippen LogP contribution in [0.2, 0.25) is 0 Å². The molecule has 0 spiro atoms. The number of nitrogens with zero attached hydrogens (tertiary/aromatic N) is 2. The quantitative estimate of drug-likeness (QED) is 0.172. The standard InChI is InChI=1S/C52H32N2S/c1-2-12-36(13-3-1)53-46-20-7-4-14-40(46)44-30-33(25-28-49(44)53)34-26-29-50-45(31-34)41-15-5-8-21-47(41)54(50)48-22-11-18-38-37(17-10-19-39(38)48)35-24-27-43-42-16-6-9-23-51(42)55-52(43)32-35/h1-32H. The van der Waals surface area contributed by atoms with Gasteiger partial charge in [0, 0.05) is 52.8 Å². The molecule has 3 aromatic heterocycles. The number of fused-ring (bicyclic) bond motifs is 10. The summed E-state index contributed by atoms with van der Waals surface area (Å²) in [5, 5.41) is 10.2. The van der Waals surface area contributed by atoms with E-state index in [0.29, 0.717) is 0 Å². The Balaban J connectivity index is 1.02. The van der Waals surface area contributed by atoms with Gasteiger partial charge in [0.05, 0.1) is 27.8 Å². The summed E-state index contributed by atoms with van der Waals surface area (Å²) in [6, 6.07) is 71.5. The number of hydrogen-bond acceptors (Lipinski definition) is 1. The maximum absolute atomic E-state index is 2.46. The summed E-state index contributed by atoms with van der Waals surface area (Å²) >= 11 is 1.87. The normalized spacial score (nSPS) is 12.0. The summed E-state index contributed by atoms with van der Waals surface area (Å²) < 4.78 is 7.50. The lowest BCUT2D eigenvalue weighted by molar-refractivity contribution is 1.18. The van der Waals surface area contributed by atoms with Gasteiger partial charge in [-0.25, -0.2) is 0 Å². The average Bonchev–Trinajstić information content (AvgIpc) is 3.90. The first-order valence-corrected chi connectivity index (χ1v) is 19.7. The van der Waals surface area contributed by atoms with Crippen LogP contribution in [0.25, 0.3) is 108 Å². The fourth-order valence-corrected chi connectivity index (χ4v) is 10.2. The largest absolute Gasteiger partial charge is 0.309 e. The van der Waals surface area contributed by atoms with Crippen molar-refractivity contribution >= 4 is 85.9 Å². The summed E-state index contributed by atoms with van der Waals surface area (Å²) in [6.07, 6.45) is 0. The zero-order valence-electron chi connectivity index (χ0n) is 29.8. The van der Waals surface area contributed by atoms with E-state index in [1.165, 1.54) is 108 Å². The van der Waals surface area contributed by atoms with Gasteiger partial charge in [-0.2, -0.15) is 0 Å². The second kappa shape index (κ2) is 11.8. The SMILES string of the molecule is c1ccc(-n2c3ccccc3c3cc(-c4ccc5c(c4)c4ccccc4n5-c4cccc5c(-c6ccc7c(c6)sc6ccccc67)cccc45)ccc32)cc1. The molecular formula is C52H32N2S. The summed E-state index contributed by atoms with van der Waals surface area (Å²) in [5.74, 6) is 0. The van der Waals surface area contributed by atoms with Crippen LogP contribution < -0.4 is 0 Å². The molecule has 12 rings (SSSR count). The van der Waals surface area contributed by atoms with Gasteiger partial charge in [0.25, 0.3) is 0 Å². The summed E-state index contributed by atoms with van der Waals surface area (Å²) in [6.45, 7) is 0. The molecule has 0 amide bonds. The van der Waals surface area contributed by atoms with Crippen LogP contribution in [0.3, 0.4) is 0 Å². The smallest absolute Gasteiger partial charge is 0.0541 e. The maximum Gasteiger partial charge on any atom is 0.0541 e. The number of rotatable bonds is 4. The summed E-state index contributed by atoms with van der Waals surface area (Å²) in [7, 11) is 0. The third-order valence-electron chi connectivity index (χ3n) is 11.5. The maximum atomic E-state index is 2.46. The van der Waals surface area contributed by atoms with Crippen molar-refractivity contribution in [2.75, 3.05) is 0 Å². The van der Waals surface area contributed by atoms with E-state index in [1.54, 1.807) is 0 Å².